The lowest BCUT2D eigenvalue weighted by Crippen LogP contribution is -2.17. The third kappa shape index (κ3) is 3.61. The second-order valence-corrected chi connectivity index (χ2v) is 6.07. The second kappa shape index (κ2) is 6.72. The Morgan fingerprint density at radius 1 is 1.33 bits per heavy atom. The van der Waals surface area contributed by atoms with E-state index in [-0.39, 0.29) is 5.91 Å². The molecule has 2 aromatic rings. The highest BCUT2D eigenvalue weighted by atomic mass is 32.1. The minimum Gasteiger partial charge on any atom is -0.354 e. The normalized spacial score (nSPS) is 12.0. The molecule has 4 nitrogen and oxygen atoms in total. The van der Waals surface area contributed by atoms with Crippen molar-refractivity contribution in [1.29, 1.82) is 0 Å². The Morgan fingerprint density at radius 3 is 2.57 bits per heavy atom. The fourth-order valence-electron chi connectivity index (χ4n) is 2.03. The lowest BCUT2D eigenvalue weighted by atomic mass is 9.99. The number of hydrogen-bond acceptors (Lipinski definition) is 4. The molecule has 21 heavy (non-hydrogen) atoms. The van der Waals surface area contributed by atoms with Crippen molar-refractivity contribution in [2.75, 3.05) is 12.4 Å². The zero-order chi connectivity index (χ0) is 15.4. The molecule has 0 fully saturated rings. The molecule has 0 radical (unpaired) electrons. The number of carbonyl (C=O) groups is 1. The lowest BCUT2D eigenvalue weighted by molar-refractivity contribution is 0.0966. The summed E-state index contributed by atoms with van der Waals surface area (Å²) in [6.07, 6.45) is 1.13. The predicted molar refractivity (Wildman–Crippen MR) is 88.7 cm³/mol. The fraction of sp³-hybridized carbons (Fsp3) is 0.375. The highest BCUT2D eigenvalue weighted by Gasteiger charge is 2.14. The Labute approximate surface area is 129 Å². The van der Waals surface area contributed by atoms with Crippen LogP contribution in [-0.2, 0) is 0 Å². The Morgan fingerprint density at radius 2 is 2.00 bits per heavy atom. The van der Waals surface area contributed by atoms with Gasteiger partial charge in [0.25, 0.3) is 5.91 Å². The van der Waals surface area contributed by atoms with Gasteiger partial charge in [-0.1, -0.05) is 37.3 Å². The third-order valence-electron chi connectivity index (χ3n) is 3.57. The van der Waals surface area contributed by atoms with Gasteiger partial charge in [0.05, 0.1) is 5.69 Å². The van der Waals surface area contributed by atoms with Crippen molar-refractivity contribution in [3.8, 4) is 0 Å². The maximum Gasteiger partial charge on any atom is 0.263 e. The van der Waals surface area contributed by atoms with Gasteiger partial charge in [0, 0.05) is 12.7 Å². The van der Waals surface area contributed by atoms with E-state index in [1.807, 2.05) is 6.92 Å². The molecule has 112 valence electrons. The van der Waals surface area contributed by atoms with Crippen LogP contribution in [-0.4, -0.2) is 17.9 Å². The first-order valence-corrected chi connectivity index (χ1v) is 7.93. The molecule has 2 N–H and O–H groups in total. The van der Waals surface area contributed by atoms with Crippen LogP contribution in [0.3, 0.4) is 0 Å². The summed E-state index contributed by atoms with van der Waals surface area (Å²) in [5, 5.41) is 6.62. The average Bonchev–Trinajstić information content (AvgIpc) is 2.87. The predicted octanol–water partition coefficient (Wildman–Crippen LogP) is 4.07. The molecule has 0 aliphatic rings. The smallest absolute Gasteiger partial charge is 0.263 e. The number of carbonyl (C=O) groups excluding carboxylic acids is 1. The molecule has 0 aliphatic carbocycles. The van der Waals surface area contributed by atoms with Crippen LogP contribution in [0.25, 0.3) is 0 Å². The lowest BCUT2D eigenvalue weighted by Gasteiger charge is -2.09. The number of nitrogens with one attached hydrogen (secondary N) is 2. The number of aromatic nitrogens is 1. The summed E-state index contributed by atoms with van der Waals surface area (Å²) >= 11 is 1.37. The number of nitrogens with zero attached hydrogens (tertiary/aromatic N) is 1. The van der Waals surface area contributed by atoms with Gasteiger partial charge >= 0.3 is 0 Å². The maximum atomic E-state index is 11.7. The summed E-state index contributed by atoms with van der Waals surface area (Å²) in [5.74, 6) is 0.478. The molecule has 0 aliphatic heterocycles. The largest absolute Gasteiger partial charge is 0.354 e. The minimum absolute atomic E-state index is 0.0924. The fourth-order valence-corrected chi connectivity index (χ4v) is 2.96. The van der Waals surface area contributed by atoms with Gasteiger partial charge in [-0.15, -0.1) is 0 Å². The monoisotopic (exact) mass is 303 g/mol. The van der Waals surface area contributed by atoms with Gasteiger partial charge in [0.15, 0.2) is 5.13 Å². The van der Waals surface area contributed by atoms with Crippen LogP contribution in [0.15, 0.2) is 24.3 Å². The Hall–Kier alpha value is -1.88. The quantitative estimate of drug-likeness (QED) is 0.875. The van der Waals surface area contributed by atoms with Gasteiger partial charge in [-0.3, -0.25) is 4.79 Å². The zero-order valence-electron chi connectivity index (χ0n) is 12.9. The molecule has 0 unspecified atom stereocenters. The highest BCUT2D eigenvalue weighted by molar-refractivity contribution is 7.17. The van der Waals surface area contributed by atoms with Crippen molar-refractivity contribution in [2.45, 2.75) is 33.1 Å². The van der Waals surface area contributed by atoms with Gasteiger partial charge in [-0.25, -0.2) is 4.98 Å². The van der Waals surface area contributed by atoms with E-state index in [0.717, 1.165) is 22.9 Å². The van der Waals surface area contributed by atoms with Crippen LogP contribution in [0.4, 0.5) is 10.8 Å². The Balaban J connectivity index is 2.13. The van der Waals surface area contributed by atoms with Gasteiger partial charge in [-0.05, 0) is 37.0 Å². The van der Waals surface area contributed by atoms with Crippen LogP contribution < -0.4 is 10.6 Å². The van der Waals surface area contributed by atoms with Gasteiger partial charge in [0.1, 0.15) is 4.88 Å². The Bertz CT molecular complexity index is 619. The summed E-state index contributed by atoms with van der Waals surface area (Å²) in [6.45, 7) is 6.26. The SMILES string of the molecule is CC[C@H](C)c1ccc(Nc2nc(C)c(C(=O)NC)s2)cc1. The van der Waals surface area contributed by atoms with Gasteiger partial charge in [-0.2, -0.15) is 0 Å². The molecule has 1 heterocycles. The zero-order valence-corrected chi connectivity index (χ0v) is 13.7. The first kappa shape index (κ1) is 15.5. The van der Waals surface area contributed by atoms with Crippen molar-refractivity contribution in [3.05, 3.63) is 40.4 Å². The van der Waals surface area contributed by atoms with Crippen molar-refractivity contribution in [3.63, 3.8) is 0 Å². The van der Waals surface area contributed by atoms with Crippen molar-refractivity contribution >= 4 is 28.1 Å². The summed E-state index contributed by atoms with van der Waals surface area (Å²) in [5.41, 5.74) is 3.07. The van der Waals surface area contributed by atoms with E-state index in [1.165, 1.54) is 16.9 Å². The maximum absolute atomic E-state index is 11.7. The van der Waals surface area contributed by atoms with Crippen molar-refractivity contribution < 1.29 is 4.79 Å². The van der Waals surface area contributed by atoms with Crippen molar-refractivity contribution in [1.82, 2.24) is 10.3 Å². The van der Waals surface area contributed by atoms with Crippen LogP contribution in [0.2, 0.25) is 0 Å². The van der Waals surface area contributed by atoms with Crippen LogP contribution in [0, 0.1) is 6.92 Å². The molecule has 1 aromatic carbocycles. The summed E-state index contributed by atoms with van der Waals surface area (Å²) in [4.78, 5) is 16.7. The number of anilines is 2. The van der Waals surface area contributed by atoms with E-state index in [2.05, 4.69) is 53.7 Å². The third-order valence-corrected chi connectivity index (χ3v) is 4.64. The van der Waals surface area contributed by atoms with E-state index in [1.54, 1.807) is 7.05 Å². The summed E-state index contributed by atoms with van der Waals surface area (Å²) in [6, 6.07) is 8.38. The second-order valence-electron chi connectivity index (χ2n) is 5.07. The first-order chi connectivity index (χ1) is 10.0. The summed E-state index contributed by atoms with van der Waals surface area (Å²) < 4.78 is 0. The van der Waals surface area contributed by atoms with Crippen molar-refractivity contribution in [2.24, 2.45) is 0 Å². The number of thiazole rings is 1. The van der Waals surface area contributed by atoms with Crippen LogP contribution >= 0.6 is 11.3 Å². The van der Waals surface area contributed by atoms with E-state index >= 15 is 0 Å². The molecule has 0 saturated carbocycles. The molecule has 0 saturated heterocycles. The van der Waals surface area contributed by atoms with Gasteiger partial charge in [0.2, 0.25) is 0 Å². The van der Waals surface area contributed by atoms with E-state index < -0.39 is 0 Å². The molecule has 2 rings (SSSR count). The minimum atomic E-state index is -0.0924. The first-order valence-electron chi connectivity index (χ1n) is 7.11. The Kier molecular flexibility index (Phi) is 4.96. The number of benzene rings is 1. The molecule has 0 bridgehead atoms. The molecular weight excluding hydrogens is 282 g/mol. The number of amides is 1. The van der Waals surface area contributed by atoms with Crippen LogP contribution in [0.5, 0.6) is 0 Å². The molecule has 1 aromatic heterocycles. The highest BCUT2D eigenvalue weighted by Crippen LogP contribution is 2.27. The molecule has 1 atom stereocenters. The topological polar surface area (TPSA) is 54.0 Å². The molecule has 5 heteroatoms. The van der Waals surface area contributed by atoms with E-state index in [4.69, 9.17) is 0 Å². The summed E-state index contributed by atoms with van der Waals surface area (Å²) in [7, 11) is 1.63. The number of hydrogen-bond donors (Lipinski definition) is 2. The number of aryl methyl sites for hydroxylation is 1. The van der Waals surface area contributed by atoms with Crippen LogP contribution in [0.1, 0.15) is 47.1 Å². The van der Waals surface area contributed by atoms with E-state index in [0.29, 0.717) is 10.8 Å². The number of rotatable bonds is 5. The van der Waals surface area contributed by atoms with Gasteiger partial charge < -0.3 is 10.6 Å². The standard InChI is InChI=1S/C16H21N3OS/c1-5-10(2)12-6-8-13(9-7-12)19-16-18-11(3)14(21-16)15(20)17-4/h6-10H,5H2,1-4H3,(H,17,20)(H,18,19)/t10-/m0/s1. The molecule has 0 spiro atoms. The molecule has 1 amide bonds. The van der Waals surface area contributed by atoms with E-state index in [9.17, 15) is 4.79 Å². The average molecular weight is 303 g/mol. The molecular formula is C16H21N3OS.